The lowest BCUT2D eigenvalue weighted by Gasteiger charge is -2.04. The normalized spacial score (nSPS) is 10.5. The summed E-state index contributed by atoms with van der Waals surface area (Å²) in [5, 5.41) is 9.86. The molecule has 116 valence electrons. The molecular formula is C18H15NO3S. The molecular weight excluding hydrogens is 310 g/mol. The van der Waals surface area contributed by atoms with E-state index < -0.39 is 5.97 Å². The molecule has 0 saturated carbocycles. The topological polar surface area (TPSA) is 59.4 Å². The first-order valence-corrected chi connectivity index (χ1v) is 7.93. The maximum Gasteiger partial charge on any atom is 0.335 e. The van der Waals surface area contributed by atoms with Crippen LogP contribution in [0.3, 0.4) is 0 Å². The minimum Gasteiger partial charge on any atom is -0.486 e. The van der Waals surface area contributed by atoms with Crippen LogP contribution in [0.1, 0.15) is 20.2 Å². The lowest BCUT2D eigenvalue weighted by molar-refractivity contribution is 0.0696. The highest BCUT2D eigenvalue weighted by Crippen LogP contribution is 2.28. The second-order valence-electron chi connectivity index (χ2n) is 5.00. The molecule has 0 aliphatic rings. The summed E-state index contributed by atoms with van der Waals surface area (Å²) in [5.74, 6) is -0.439. The summed E-state index contributed by atoms with van der Waals surface area (Å²) in [5.41, 5.74) is 2.26. The molecule has 3 aromatic rings. The summed E-state index contributed by atoms with van der Waals surface area (Å²) in [4.78, 5) is 16.7. The molecule has 23 heavy (non-hydrogen) atoms. The van der Waals surface area contributed by atoms with E-state index in [1.807, 2.05) is 37.3 Å². The number of carbonyl (C=O) groups is 1. The number of carboxylic acid groups (broad SMARTS) is 1. The zero-order chi connectivity index (χ0) is 16.2. The molecule has 0 bridgehead atoms. The molecule has 3 rings (SSSR count). The number of carboxylic acids is 1. The van der Waals surface area contributed by atoms with E-state index in [1.54, 1.807) is 23.5 Å². The molecule has 5 heteroatoms. The Balaban J connectivity index is 1.75. The second kappa shape index (κ2) is 6.62. The molecule has 1 aromatic heterocycles. The molecule has 1 heterocycles. The lowest BCUT2D eigenvalue weighted by atomic mass is 10.1. The van der Waals surface area contributed by atoms with Gasteiger partial charge < -0.3 is 9.84 Å². The van der Waals surface area contributed by atoms with Gasteiger partial charge in [0.15, 0.2) is 0 Å². The maximum atomic E-state index is 11.0. The van der Waals surface area contributed by atoms with Crippen molar-refractivity contribution in [2.24, 2.45) is 0 Å². The van der Waals surface area contributed by atoms with Gasteiger partial charge in [0.05, 0.1) is 11.3 Å². The SMILES string of the molecule is Cc1sc(COc2cccc(C(=O)O)c2)nc1-c1ccccc1. The summed E-state index contributed by atoms with van der Waals surface area (Å²) < 4.78 is 5.67. The zero-order valence-electron chi connectivity index (χ0n) is 12.5. The molecule has 0 fully saturated rings. The highest BCUT2D eigenvalue weighted by molar-refractivity contribution is 7.12. The van der Waals surface area contributed by atoms with Gasteiger partial charge in [-0.3, -0.25) is 0 Å². The van der Waals surface area contributed by atoms with Crippen molar-refractivity contribution in [1.29, 1.82) is 0 Å². The largest absolute Gasteiger partial charge is 0.486 e. The van der Waals surface area contributed by atoms with Gasteiger partial charge in [-0.15, -0.1) is 11.3 Å². The van der Waals surface area contributed by atoms with Crippen molar-refractivity contribution < 1.29 is 14.6 Å². The van der Waals surface area contributed by atoms with Crippen LogP contribution in [-0.2, 0) is 6.61 Å². The van der Waals surface area contributed by atoms with Crippen LogP contribution < -0.4 is 4.74 Å². The molecule has 4 nitrogen and oxygen atoms in total. The molecule has 0 aliphatic heterocycles. The predicted molar refractivity (Wildman–Crippen MR) is 90.0 cm³/mol. The summed E-state index contributed by atoms with van der Waals surface area (Å²) in [6, 6.07) is 16.5. The van der Waals surface area contributed by atoms with E-state index in [2.05, 4.69) is 4.98 Å². The minimum atomic E-state index is -0.966. The number of aromatic carboxylic acids is 1. The van der Waals surface area contributed by atoms with Gasteiger partial charge in [-0.05, 0) is 25.1 Å². The highest BCUT2D eigenvalue weighted by atomic mass is 32.1. The summed E-state index contributed by atoms with van der Waals surface area (Å²) in [6.07, 6.45) is 0. The average Bonchev–Trinajstić information content (AvgIpc) is 2.95. The van der Waals surface area contributed by atoms with E-state index in [0.29, 0.717) is 12.4 Å². The first-order chi connectivity index (χ1) is 11.1. The van der Waals surface area contributed by atoms with E-state index in [4.69, 9.17) is 9.84 Å². The molecule has 0 unspecified atom stereocenters. The Kier molecular flexibility index (Phi) is 4.39. The molecule has 0 saturated heterocycles. The fourth-order valence-electron chi connectivity index (χ4n) is 2.24. The summed E-state index contributed by atoms with van der Waals surface area (Å²) >= 11 is 1.59. The van der Waals surface area contributed by atoms with Crippen LogP contribution >= 0.6 is 11.3 Å². The first kappa shape index (κ1) is 15.2. The van der Waals surface area contributed by atoms with Crippen molar-refractivity contribution in [3.8, 4) is 17.0 Å². The van der Waals surface area contributed by atoms with E-state index in [1.165, 1.54) is 12.1 Å². The van der Waals surface area contributed by atoms with Crippen LogP contribution in [0.2, 0.25) is 0 Å². The van der Waals surface area contributed by atoms with E-state index in [-0.39, 0.29) is 5.56 Å². The molecule has 0 aliphatic carbocycles. The average molecular weight is 325 g/mol. The van der Waals surface area contributed by atoms with Gasteiger partial charge in [-0.1, -0.05) is 36.4 Å². The fourth-order valence-corrected chi connectivity index (χ4v) is 3.11. The monoisotopic (exact) mass is 325 g/mol. The van der Waals surface area contributed by atoms with Crippen LogP contribution in [0, 0.1) is 6.92 Å². The van der Waals surface area contributed by atoms with Crippen molar-refractivity contribution in [2.45, 2.75) is 13.5 Å². The standard InChI is InChI=1S/C18H15NO3S/c1-12-17(13-6-3-2-4-7-13)19-16(23-12)11-22-15-9-5-8-14(10-15)18(20)21/h2-10H,11H2,1H3,(H,20,21). The number of hydrogen-bond acceptors (Lipinski definition) is 4. The molecule has 1 N–H and O–H groups in total. The van der Waals surface area contributed by atoms with Crippen molar-refractivity contribution in [3.05, 3.63) is 70.0 Å². The van der Waals surface area contributed by atoms with Crippen LogP contribution in [-0.4, -0.2) is 16.1 Å². The van der Waals surface area contributed by atoms with Gasteiger partial charge in [0.2, 0.25) is 0 Å². The Labute approximate surface area is 138 Å². The maximum absolute atomic E-state index is 11.0. The van der Waals surface area contributed by atoms with Gasteiger partial charge >= 0.3 is 5.97 Å². The van der Waals surface area contributed by atoms with Crippen molar-refractivity contribution in [1.82, 2.24) is 4.98 Å². The number of aromatic nitrogens is 1. The van der Waals surface area contributed by atoms with Crippen LogP contribution in [0.15, 0.2) is 54.6 Å². The van der Waals surface area contributed by atoms with Crippen LogP contribution in [0.25, 0.3) is 11.3 Å². The third-order valence-electron chi connectivity index (χ3n) is 3.33. The number of ether oxygens (including phenoxy) is 1. The van der Waals surface area contributed by atoms with E-state index in [9.17, 15) is 4.79 Å². The van der Waals surface area contributed by atoms with Crippen molar-refractivity contribution in [2.75, 3.05) is 0 Å². The Morgan fingerprint density at radius 2 is 1.96 bits per heavy atom. The van der Waals surface area contributed by atoms with Crippen molar-refractivity contribution >= 4 is 17.3 Å². The number of benzene rings is 2. The lowest BCUT2D eigenvalue weighted by Crippen LogP contribution is -1.99. The van der Waals surface area contributed by atoms with Gasteiger partial charge in [0.1, 0.15) is 17.4 Å². The summed E-state index contributed by atoms with van der Waals surface area (Å²) in [7, 11) is 0. The van der Waals surface area contributed by atoms with Gasteiger partial charge in [0, 0.05) is 10.4 Å². The minimum absolute atomic E-state index is 0.211. The number of hydrogen-bond donors (Lipinski definition) is 1. The number of nitrogens with zero attached hydrogens (tertiary/aromatic N) is 1. The highest BCUT2D eigenvalue weighted by Gasteiger charge is 2.10. The second-order valence-corrected chi connectivity index (χ2v) is 6.29. The molecule has 0 spiro atoms. The van der Waals surface area contributed by atoms with Gasteiger partial charge in [0.25, 0.3) is 0 Å². The van der Waals surface area contributed by atoms with Crippen molar-refractivity contribution in [3.63, 3.8) is 0 Å². The van der Waals surface area contributed by atoms with Gasteiger partial charge in [-0.25, -0.2) is 9.78 Å². The fraction of sp³-hybridized carbons (Fsp3) is 0.111. The molecule has 0 atom stereocenters. The van der Waals surface area contributed by atoms with Gasteiger partial charge in [-0.2, -0.15) is 0 Å². The smallest absolute Gasteiger partial charge is 0.335 e. The number of aryl methyl sites for hydroxylation is 1. The third-order valence-corrected chi connectivity index (χ3v) is 4.28. The quantitative estimate of drug-likeness (QED) is 0.755. The first-order valence-electron chi connectivity index (χ1n) is 7.11. The molecule has 0 amide bonds. The Hall–Kier alpha value is -2.66. The van der Waals surface area contributed by atoms with Crippen LogP contribution in [0.5, 0.6) is 5.75 Å². The van der Waals surface area contributed by atoms with Crippen LogP contribution in [0.4, 0.5) is 0 Å². The zero-order valence-corrected chi connectivity index (χ0v) is 13.3. The summed E-state index contributed by atoms with van der Waals surface area (Å²) in [6.45, 7) is 2.36. The number of rotatable bonds is 5. The Morgan fingerprint density at radius 3 is 2.70 bits per heavy atom. The van der Waals surface area contributed by atoms with E-state index in [0.717, 1.165) is 21.1 Å². The molecule has 2 aromatic carbocycles. The number of thiazole rings is 1. The predicted octanol–water partition coefficient (Wildman–Crippen LogP) is 4.40. The Bertz CT molecular complexity index is 827. The third kappa shape index (κ3) is 3.57. The molecule has 0 radical (unpaired) electrons. The Morgan fingerprint density at radius 1 is 1.17 bits per heavy atom. The van der Waals surface area contributed by atoms with E-state index >= 15 is 0 Å².